The zero-order valence-corrected chi connectivity index (χ0v) is 14.6. The molecule has 142 valence electrons. The number of nitrogens with zero attached hydrogens (tertiary/aromatic N) is 6. The van der Waals surface area contributed by atoms with Crippen LogP contribution >= 0.6 is 0 Å². The van der Waals surface area contributed by atoms with Crippen molar-refractivity contribution in [2.24, 2.45) is 0 Å². The Bertz CT molecular complexity index is 863. The van der Waals surface area contributed by atoms with Gasteiger partial charge < -0.3 is 20.3 Å². The van der Waals surface area contributed by atoms with Gasteiger partial charge in [-0.1, -0.05) is 0 Å². The highest BCUT2D eigenvalue weighted by Crippen LogP contribution is 2.35. The van der Waals surface area contributed by atoms with Gasteiger partial charge in [-0.3, -0.25) is 0 Å². The summed E-state index contributed by atoms with van der Waals surface area (Å²) in [6, 6.07) is 2.11. The Labute approximate surface area is 154 Å². The smallest absolute Gasteiger partial charge is 0.267 e. The topological polar surface area (TPSA) is 93.3 Å². The van der Waals surface area contributed by atoms with Crippen LogP contribution in [0.1, 0.15) is 12.8 Å². The highest BCUT2D eigenvalue weighted by atomic mass is 19.3. The Morgan fingerprint density at radius 3 is 2.67 bits per heavy atom. The lowest BCUT2D eigenvalue weighted by atomic mass is 10.2. The number of nitrogen functional groups attached to an aromatic ring is 1. The first-order chi connectivity index (χ1) is 13.0. The lowest BCUT2D eigenvalue weighted by Gasteiger charge is -2.29. The predicted molar refractivity (Wildman–Crippen MR) is 94.7 cm³/mol. The number of rotatable bonds is 3. The Kier molecular flexibility index (Phi) is 3.64. The molecular formula is C17H19F2N7O. The van der Waals surface area contributed by atoms with Crippen LogP contribution in [0.25, 0.3) is 11.3 Å². The van der Waals surface area contributed by atoms with E-state index in [9.17, 15) is 8.78 Å². The number of nitrogens with two attached hydrogens (primary N) is 1. The summed E-state index contributed by atoms with van der Waals surface area (Å²) < 4.78 is 33.1. The lowest BCUT2D eigenvalue weighted by molar-refractivity contribution is 0.0256. The molecule has 0 unspecified atom stereocenters. The average Bonchev–Trinajstić information content (AvgIpc) is 3.37. The quantitative estimate of drug-likeness (QED) is 0.859. The standard InChI is InChI=1S/C17H19F2N7O/c18-17(19)1-2-25(9-17)16-23-13(10-5-21-15(20)22-6-10)4-14(24-16)26-7-12-3-11(26)8-27-12/h4-6,11-12H,1-3,7-9H2,(H2,20,21,22)/t11-,12-/m0/s1. The van der Waals surface area contributed by atoms with Gasteiger partial charge in [-0.2, -0.15) is 4.98 Å². The zero-order chi connectivity index (χ0) is 18.6. The summed E-state index contributed by atoms with van der Waals surface area (Å²) in [5.74, 6) is -1.52. The molecule has 0 saturated carbocycles. The van der Waals surface area contributed by atoms with E-state index in [0.29, 0.717) is 23.8 Å². The molecular weight excluding hydrogens is 356 g/mol. The van der Waals surface area contributed by atoms with Crippen molar-refractivity contribution in [1.82, 2.24) is 19.9 Å². The third-order valence-electron chi connectivity index (χ3n) is 5.32. The fraction of sp³-hybridized carbons (Fsp3) is 0.529. The number of ether oxygens (including phenoxy) is 1. The molecule has 0 aromatic carbocycles. The summed E-state index contributed by atoms with van der Waals surface area (Å²) in [4.78, 5) is 20.9. The summed E-state index contributed by atoms with van der Waals surface area (Å²) in [6.07, 6.45) is 4.13. The van der Waals surface area contributed by atoms with E-state index in [1.54, 1.807) is 12.4 Å². The van der Waals surface area contributed by atoms with Gasteiger partial charge in [-0.25, -0.2) is 23.7 Å². The van der Waals surface area contributed by atoms with Gasteiger partial charge in [0.05, 0.1) is 31.0 Å². The second-order valence-corrected chi connectivity index (χ2v) is 7.27. The van der Waals surface area contributed by atoms with Crippen LogP contribution in [-0.4, -0.2) is 64.2 Å². The molecule has 2 atom stereocenters. The molecule has 0 aliphatic carbocycles. The maximum absolute atomic E-state index is 13.7. The first-order valence-corrected chi connectivity index (χ1v) is 8.95. The maximum atomic E-state index is 13.7. The van der Waals surface area contributed by atoms with E-state index in [2.05, 4.69) is 24.8 Å². The van der Waals surface area contributed by atoms with Crippen LogP contribution < -0.4 is 15.5 Å². The average molecular weight is 375 g/mol. The molecule has 3 aliphatic rings. The zero-order valence-electron chi connectivity index (χ0n) is 14.6. The third kappa shape index (κ3) is 3.03. The van der Waals surface area contributed by atoms with Gasteiger partial charge in [-0.15, -0.1) is 0 Å². The first-order valence-electron chi connectivity index (χ1n) is 8.95. The van der Waals surface area contributed by atoms with E-state index in [-0.39, 0.29) is 37.6 Å². The number of hydrogen-bond acceptors (Lipinski definition) is 8. The van der Waals surface area contributed by atoms with Gasteiger partial charge in [0, 0.05) is 43.5 Å². The van der Waals surface area contributed by atoms with Crippen LogP contribution in [0, 0.1) is 0 Å². The minimum absolute atomic E-state index is 0.168. The molecule has 3 fully saturated rings. The van der Waals surface area contributed by atoms with Crippen molar-refractivity contribution in [1.29, 1.82) is 0 Å². The minimum Gasteiger partial charge on any atom is -0.374 e. The summed E-state index contributed by atoms with van der Waals surface area (Å²) in [5.41, 5.74) is 6.82. The SMILES string of the molecule is Nc1ncc(-c2cc(N3C[C@@H]4C[C@H]3CO4)nc(N3CCC(F)(F)C3)n2)cn1. The highest BCUT2D eigenvalue weighted by Gasteiger charge is 2.42. The van der Waals surface area contributed by atoms with E-state index < -0.39 is 5.92 Å². The molecule has 27 heavy (non-hydrogen) atoms. The Hall–Kier alpha value is -2.62. The molecule has 0 radical (unpaired) electrons. The van der Waals surface area contributed by atoms with Gasteiger partial charge in [0.25, 0.3) is 5.92 Å². The number of halogens is 2. The molecule has 5 heterocycles. The molecule has 0 spiro atoms. The van der Waals surface area contributed by atoms with Gasteiger partial charge in [0.2, 0.25) is 11.9 Å². The molecule has 2 N–H and O–H groups in total. The van der Waals surface area contributed by atoms with E-state index >= 15 is 0 Å². The molecule has 10 heteroatoms. The van der Waals surface area contributed by atoms with Crippen molar-refractivity contribution in [3.05, 3.63) is 18.5 Å². The van der Waals surface area contributed by atoms with Gasteiger partial charge in [-0.05, 0) is 6.42 Å². The molecule has 2 aromatic rings. The Morgan fingerprint density at radius 1 is 1.22 bits per heavy atom. The van der Waals surface area contributed by atoms with Crippen molar-refractivity contribution >= 4 is 17.7 Å². The van der Waals surface area contributed by atoms with Gasteiger partial charge in [0.15, 0.2) is 0 Å². The number of fused-ring (bicyclic) bond motifs is 2. The van der Waals surface area contributed by atoms with Gasteiger partial charge in [0.1, 0.15) is 5.82 Å². The van der Waals surface area contributed by atoms with E-state index in [0.717, 1.165) is 18.8 Å². The van der Waals surface area contributed by atoms with Crippen molar-refractivity contribution in [3.8, 4) is 11.3 Å². The van der Waals surface area contributed by atoms with Gasteiger partial charge >= 0.3 is 0 Å². The molecule has 8 nitrogen and oxygen atoms in total. The second-order valence-electron chi connectivity index (χ2n) is 7.27. The third-order valence-corrected chi connectivity index (χ3v) is 5.32. The van der Waals surface area contributed by atoms with Crippen LogP contribution in [-0.2, 0) is 4.74 Å². The predicted octanol–water partition coefficient (Wildman–Crippen LogP) is 1.34. The molecule has 5 rings (SSSR count). The van der Waals surface area contributed by atoms with Crippen molar-refractivity contribution in [2.75, 3.05) is 41.8 Å². The van der Waals surface area contributed by atoms with Crippen LogP contribution in [0.4, 0.5) is 26.5 Å². The van der Waals surface area contributed by atoms with Crippen molar-refractivity contribution < 1.29 is 13.5 Å². The van der Waals surface area contributed by atoms with E-state index in [1.807, 2.05) is 6.07 Å². The van der Waals surface area contributed by atoms with Crippen LogP contribution in [0.3, 0.4) is 0 Å². The lowest BCUT2D eigenvalue weighted by Crippen LogP contribution is -2.38. The maximum Gasteiger partial charge on any atom is 0.267 e. The Morgan fingerprint density at radius 2 is 2.04 bits per heavy atom. The number of aromatic nitrogens is 4. The van der Waals surface area contributed by atoms with Crippen molar-refractivity contribution in [2.45, 2.75) is 30.9 Å². The largest absolute Gasteiger partial charge is 0.374 e. The normalized spacial score (nSPS) is 26.1. The summed E-state index contributed by atoms with van der Waals surface area (Å²) >= 11 is 0. The van der Waals surface area contributed by atoms with Crippen molar-refractivity contribution in [3.63, 3.8) is 0 Å². The second kappa shape index (κ2) is 5.95. The van der Waals surface area contributed by atoms with Crippen LogP contribution in [0.15, 0.2) is 18.5 Å². The number of hydrogen-bond donors (Lipinski definition) is 1. The van der Waals surface area contributed by atoms with E-state index in [1.165, 1.54) is 4.90 Å². The minimum atomic E-state index is -2.72. The molecule has 2 bridgehead atoms. The fourth-order valence-electron chi connectivity index (χ4n) is 3.92. The highest BCUT2D eigenvalue weighted by molar-refractivity contribution is 5.65. The fourth-order valence-corrected chi connectivity index (χ4v) is 3.92. The molecule has 0 amide bonds. The molecule has 2 aromatic heterocycles. The summed E-state index contributed by atoms with van der Waals surface area (Å²) in [7, 11) is 0. The number of alkyl halides is 2. The molecule has 3 aliphatic heterocycles. The monoisotopic (exact) mass is 375 g/mol. The van der Waals surface area contributed by atoms with Crippen LogP contribution in [0.5, 0.6) is 0 Å². The Balaban J connectivity index is 1.55. The van der Waals surface area contributed by atoms with E-state index in [4.69, 9.17) is 10.5 Å². The number of anilines is 3. The number of morpholine rings is 1. The summed E-state index contributed by atoms with van der Waals surface area (Å²) in [6.45, 7) is 1.26. The molecule has 3 saturated heterocycles. The van der Waals surface area contributed by atoms with Crippen LogP contribution in [0.2, 0.25) is 0 Å². The first kappa shape index (κ1) is 16.5. The summed E-state index contributed by atoms with van der Waals surface area (Å²) in [5, 5.41) is 0.